The molecule has 0 aliphatic carbocycles. The summed E-state index contributed by atoms with van der Waals surface area (Å²) < 4.78 is 2.17. The number of anilines is 2. The van der Waals surface area contributed by atoms with Crippen molar-refractivity contribution in [1.82, 2.24) is 9.55 Å². The van der Waals surface area contributed by atoms with Crippen molar-refractivity contribution >= 4 is 22.4 Å². The number of imidazole rings is 1. The van der Waals surface area contributed by atoms with E-state index in [1.165, 1.54) is 11.3 Å². The van der Waals surface area contributed by atoms with Crippen LogP contribution in [-0.4, -0.2) is 23.6 Å². The first-order chi connectivity index (χ1) is 9.97. The van der Waals surface area contributed by atoms with E-state index < -0.39 is 0 Å². The first-order valence-corrected chi connectivity index (χ1v) is 7.00. The van der Waals surface area contributed by atoms with Crippen molar-refractivity contribution in [3.05, 3.63) is 47.8 Å². The van der Waals surface area contributed by atoms with E-state index in [-0.39, 0.29) is 0 Å². The number of hydrogen-bond donors (Lipinski definition) is 1. The van der Waals surface area contributed by atoms with Gasteiger partial charge in [-0.05, 0) is 49.7 Å². The molecule has 0 radical (unpaired) electrons. The standard InChI is InChI=1S/C17H20N4/c1-11-5-7-14(10-17(11)20(3)4)21-12(2)19-15-9-13(18)6-8-16(15)21/h5-10H,18H2,1-4H3. The van der Waals surface area contributed by atoms with Gasteiger partial charge in [-0.15, -0.1) is 0 Å². The van der Waals surface area contributed by atoms with E-state index in [1.54, 1.807) is 0 Å². The molecule has 3 rings (SSSR count). The smallest absolute Gasteiger partial charge is 0.111 e. The van der Waals surface area contributed by atoms with Crippen LogP contribution in [-0.2, 0) is 0 Å². The molecule has 21 heavy (non-hydrogen) atoms. The van der Waals surface area contributed by atoms with Crippen LogP contribution in [0.5, 0.6) is 0 Å². The van der Waals surface area contributed by atoms with Gasteiger partial charge in [-0.3, -0.25) is 4.57 Å². The largest absolute Gasteiger partial charge is 0.399 e. The molecule has 2 N–H and O–H groups in total. The number of aromatic nitrogens is 2. The fourth-order valence-electron chi connectivity index (χ4n) is 2.76. The van der Waals surface area contributed by atoms with Gasteiger partial charge in [0.25, 0.3) is 0 Å². The van der Waals surface area contributed by atoms with E-state index in [9.17, 15) is 0 Å². The lowest BCUT2D eigenvalue weighted by Crippen LogP contribution is -2.11. The number of rotatable bonds is 2. The van der Waals surface area contributed by atoms with Crippen LogP contribution < -0.4 is 10.6 Å². The van der Waals surface area contributed by atoms with Crippen molar-refractivity contribution in [3.63, 3.8) is 0 Å². The third-order valence-electron chi connectivity index (χ3n) is 3.78. The molecule has 0 saturated carbocycles. The van der Waals surface area contributed by atoms with E-state index in [0.717, 1.165) is 28.2 Å². The Balaban J connectivity index is 2.25. The SMILES string of the molecule is Cc1ccc(-n2c(C)nc3cc(N)ccc32)cc1N(C)C. The number of nitrogens with zero attached hydrogens (tertiary/aromatic N) is 3. The molecule has 0 aliphatic rings. The number of nitrogen functional groups attached to an aromatic ring is 1. The predicted octanol–water partition coefficient (Wildman–Crippen LogP) is 3.29. The van der Waals surface area contributed by atoms with Gasteiger partial charge in [0.1, 0.15) is 5.82 Å². The van der Waals surface area contributed by atoms with Crippen LogP contribution in [0.15, 0.2) is 36.4 Å². The molecule has 108 valence electrons. The summed E-state index contributed by atoms with van der Waals surface area (Å²) in [4.78, 5) is 6.75. The molecule has 0 aliphatic heterocycles. The Labute approximate surface area is 124 Å². The predicted molar refractivity (Wildman–Crippen MR) is 89.3 cm³/mol. The van der Waals surface area contributed by atoms with Gasteiger partial charge in [0.2, 0.25) is 0 Å². The summed E-state index contributed by atoms with van der Waals surface area (Å²) in [5.74, 6) is 0.962. The second-order valence-corrected chi connectivity index (χ2v) is 5.61. The lowest BCUT2D eigenvalue weighted by Gasteiger charge is -2.18. The highest BCUT2D eigenvalue weighted by atomic mass is 15.1. The van der Waals surface area contributed by atoms with E-state index in [4.69, 9.17) is 5.73 Å². The van der Waals surface area contributed by atoms with Crippen molar-refractivity contribution in [3.8, 4) is 5.69 Å². The number of aryl methyl sites for hydroxylation is 2. The summed E-state index contributed by atoms with van der Waals surface area (Å²) in [7, 11) is 4.12. The molecule has 1 heterocycles. The van der Waals surface area contributed by atoms with Crippen LogP contribution >= 0.6 is 0 Å². The Hall–Kier alpha value is -2.49. The monoisotopic (exact) mass is 280 g/mol. The Kier molecular flexibility index (Phi) is 3.09. The van der Waals surface area contributed by atoms with E-state index in [2.05, 4.69) is 53.7 Å². The highest BCUT2D eigenvalue weighted by Gasteiger charge is 2.11. The van der Waals surface area contributed by atoms with Crippen LogP contribution in [0.25, 0.3) is 16.7 Å². The molecule has 0 fully saturated rings. The van der Waals surface area contributed by atoms with E-state index in [0.29, 0.717) is 0 Å². The van der Waals surface area contributed by atoms with Crippen molar-refractivity contribution < 1.29 is 0 Å². The maximum Gasteiger partial charge on any atom is 0.111 e. The zero-order chi connectivity index (χ0) is 15.1. The summed E-state index contributed by atoms with van der Waals surface area (Å²) in [5, 5.41) is 0. The van der Waals surface area contributed by atoms with Crippen LogP contribution in [0.1, 0.15) is 11.4 Å². The summed E-state index contributed by atoms with van der Waals surface area (Å²) in [6.45, 7) is 4.14. The minimum absolute atomic E-state index is 0.741. The third kappa shape index (κ3) is 2.23. The van der Waals surface area contributed by atoms with Crippen LogP contribution in [0, 0.1) is 13.8 Å². The van der Waals surface area contributed by atoms with Crippen molar-refractivity contribution in [2.24, 2.45) is 0 Å². The summed E-state index contributed by atoms with van der Waals surface area (Å²) in [5.41, 5.74) is 12.2. The summed E-state index contributed by atoms with van der Waals surface area (Å²) >= 11 is 0. The quantitative estimate of drug-likeness (QED) is 0.733. The first kappa shape index (κ1) is 13.5. The zero-order valence-electron chi connectivity index (χ0n) is 12.9. The van der Waals surface area contributed by atoms with Gasteiger partial charge in [-0.1, -0.05) is 6.07 Å². The molecule has 2 aromatic carbocycles. The van der Waals surface area contributed by atoms with Gasteiger partial charge in [0, 0.05) is 31.2 Å². The highest BCUT2D eigenvalue weighted by molar-refractivity contribution is 5.81. The molecule has 0 saturated heterocycles. The Bertz CT molecular complexity index is 815. The van der Waals surface area contributed by atoms with Gasteiger partial charge >= 0.3 is 0 Å². The van der Waals surface area contributed by atoms with Gasteiger partial charge < -0.3 is 10.6 Å². The average Bonchev–Trinajstić information content (AvgIpc) is 2.74. The molecule has 4 heteroatoms. The molecule has 0 amide bonds. The Morgan fingerprint density at radius 3 is 2.52 bits per heavy atom. The maximum absolute atomic E-state index is 5.85. The molecule has 0 bridgehead atoms. The van der Waals surface area contributed by atoms with Crippen LogP contribution in [0.4, 0.5) is 11.4 Å². The normalized spacial score (nSPS) is 11.0. The van der Waals surface area contributed by atoms with Crippen molar-refractivity contribution in [2.45, 2.75) is 13.8 Å². The number of nitrogens with two attached hydrogens (primary N) is 1. The van der Waals surface area contributed by atoms with Gasteiger partial charge in [-0.2, -0.15) is 0 Å². The molecule has 0 spiro atoms. The van der Waals surface area contributed by atoms with Gasteiger partial charge in [0.05, 0.1) is 11.0 Å². The minimum Gasteiger partial charge on any atom is -0.399 e. The Morgan fingerprint density at radius 2 is 1.81 bits per heavy atom. The fourth-order valence-corrected chi connectivity index (χ4v) is 2.76. The van der Waals surface area contributed by atoms with E-state index in [1.807, 2.05) is 25.1 Å². The molecular formula is C17H20N4. The zero-order valence-corrected chi connectivity index (χ0v) is 12.9. The van der Waals surface area contributed by atoms with Gasteiger partial charge in [0.15, 0.2) is 0 Å². The van der Waals surface area contributed by atoms with Crippen molar-refractivity contribution in [1.29, 1.82) is 0 Å². The molecule has 3 aromatic rings. The molecule has 0 unspecified atom stereocenters. The second-order valence-electron chi connectivity index (χ2n) is 5.61. The maximum atomic E-state index is 5.85. The molecule has 4 nitrogen and oxygen atoms in total. The first-order valence-electron chi connectivity index (χ1n) is 7.00. The summed E-state index contributed by atoms with van der Waals surface area (Å²) in [6.07, 6.45) is 0. The fraction of sp³-hybridized carbons (Fsp3) is 0.235. The molecule has 0 atom stereocenters. The minimum atomic E-state index is 0.741. The average molecular weight is 280 g/mol. The third-order valence-corrected chi connectivity index (χ3v) is 3.78. The molecular weight excluding hydrogens is 260 g/mol. The second kappa shape index (κ2) is 4.81. The topological polar surface area (TPSA) is 47.1 Å². The van der Waals surface area contributed by atoms with Crippen LogP contribution in [0.3, 0.4) is 0 Å². The number of fused-ring (bicyclic) bond motifs is 1. The van der Waals surface area contributed by atoms with E-state index >= 15 is 0 Å². The van der Waals surface area contributed by atoms with Crippen LogP contribution in [0.2, 0.25) is 0 Å². The highest BCUT2D eigenvalue weighted by Crippen LogP contribution is 2.27. The summed E-state index contributed by atoms with van der Waals surface area (Å²) in [6, 6.07) is 12.3. The molecule has 1 aromatic heterocycles. The Morgan fingerprint density at radius 1 is 1.05 bits per heavy atom. The number of benzene rings is 2. The number of hydrogen-bond acceptors (Lipinski definition) is 3. The lowest BCUT2D eigenvalue weighted by atomic mass is 10.1. The van der Waals surface area contributed by atoms with Gasteiger partial charge in [-0.25, -0.2) is 4.98 Å². The lowest BCUT2D eigenvalue weighted by molar-refractivity contribution is 0.994. The van der Waals surface area contributed by atoms with Crippen molar-refractivity contribution in [2.75, 3.05) is 24.7 Å².